The van der Waals surface area contributed by atoms with E-state index < -0.39 is 29.0 Å². The number of rotatable bonds is 8. The first-order valence-electron chi connectivity index (χ1n) is 8.45. The second-order valence-corrected chi connectivity index (χ2v) is 6.66. The number of benzene rings is 1. The molecule has 26 heavy (non-hydrogen) atoms. The largest absolute Gasteiger partial charge is 0.481 e. The number of carbonyl (C=O) groups excluding carboxylic acids is 2. The van der Waals surface area contributed by atoms with Gasteiger partial charge in [0.15, 0.2) is 0 Å². The summed E-state index contributed by atoms with van der Waals surface area (Å²) in [7, 11) is 0. The first-order chi connectivity index (χ1) is 12.2. The number of halogens is 2. The Morgan fingerprint density at radius 1 is 1.27 bits per heavy atom. The Kier molecular flexibility index (Phi) is 6.28. The van der Waals surface area contributed by atoms with Crippen molar-refractivity contribution in [2.45, 2.75) is 57.5 Å². The molecule has 1 aliphatic rings. The fourth-order valence-electron chi connectivity index (χ4n) is 3.12. The summed E-state index contributed by atoms with van der Waals surface area (Å²) in [6.07, 6.45) is 1.18. The molecule has 0 unspecified atom stereocenters. The highest BCUT2D eigenvalue weighted by molar-refractivity contribution is 5.80. The van der Waals surface area contributed by atoms with E-state index in [-0.39, 0.29) is 49.3 Å². The van der Waals surface area contributed by atoms with Gasteiger partial charge in [0.1, 0.15) is 11.6 Å². The van der Waals surface area contributed by atoms with Crippen LogP contribution in [0.4, 0.5) is 8.78 Å². The van der Waals surface area contributed by atoms with Gasteiger partial charge in [0.05, 0.1) is 0 Å². The molecule has 8 heteroatoms. The predicted octanol–water partition coefficient (Wildman–Crippen LogP) is 2.18. The normalized spacial score (nSPS) is 19.3. The third kappa shape index (κ3) is 5.00. The van der Waals surface area contributed by atoms with E-state index in [4.69, 9.17) is 5.11 Å². The number of aliphatic carboxylic acids is 1. The molecule has 1 aliphatic heterocycles. The summed E-state index contributed by atoms with van der Waals surface area (Å²) >= 11 is 0. The number of nitrogens with one attached hydrogen (secondary N) is 2. The van der Waals surface area contributed by atoms with E-state index in [1.54, 1.807) is 0 Å². The van der Waals surface area contributed by atoms with Crippen LogP contribution in [0.25, 0.3) is 0 Å². The molecule has 1 saturated heterocycles. The van der Waals surface area contributed by atoms with Crippen LogP contribution in [0.5, 0.6) is 0 Å². The van der Waals surface area contributed by atoms with Crippen LogP contribution in [0, 0.1) is 18.6 Å². The van der Waals surface area contributed by atoms with Crippen molar-refractivity contribution in [3.8, 4) is 0 Å². The maximum absolute atomic E-state index is 13.9. The predicted molar refractivity (Wildman–Crippen MR) is 89.2 cm³/mol. The molecule has 0 spiro atoms. The molecule has 3 N–H and O–H groups in total. The summed E-state index contributed by atoms with van der Waals surface area (Å²) in [5, 5.41) is 14.1. The summed E-state index contributed by atoms with van der Waals surface area (Å²) in [4.78, 5) is 34.4. The molecule has 0 radical (unpaired) electrons. The minimum absolute atomic E-state index is 0.0228. The Labute approximate surface area is 150 Å². The third-order valence-corrected chi connectivity index (χ3v) is 4.72. The minimum atomic E-state index is -0.972. The highest BCUT2D eigenvalue weighted by Crippen LogP contribution is 2.30. The monoisotopic (exact) mass is 368 g/mol. The van der Waals surface area contributed by atoms with E-state index >= 15 is 0 Å². The van der Waals surface area contributed by atoms with E-state index in [2.05, 4.69) is 10.6 Å². The van der Waals surface area contributed by atoms with E-state index in [9.17, 15) is 23.2 Å². The molecule has 1 atom stereocenters. The number of aryl methyl sites for hydroxylation is 1. The molecule has 1 aromatic carbocycles. The lowest BCUT2D eigenvalue weighted by atomic mass is 9.86. The molecule has 6 nitrogen and oxygen atoms in total. The maximum atomic E-state index is 13.9. The van der Waals surface area contributed by atoms with E-state index in [0.29, 0.717) is 12.8 Å². The standard InChI is InChI=1S/C18H22F2N2O4/c1-11-2-3-13(19)12(17(11)20)10-21-14(23)4-7-18(9-6-16(25)26)8-5-15(24)22-18/h2-3H,4-10H2,1H3,(H,21,23)(H,22,24)(H,25,26)/t18-/m1/s1. The molecule has 0 aromatic heterocycles. The van der Waals surface area contributed by atoms with Crippen molar-refractivity contribution >= 4 is 17.8 Å². The summed E-state index contributed by atoms with van der Waals surface area (Å²) in [5.41, 5.74) is -0.628. The van der Waals surface area contributed by atoms with Crippen LogP contribution in [0.2, 0.25) is 0 Å². The van der Waals surface area contributed by atoms with Crippen LogP contribution >= 0.6 is 0 Å². The van der Waals surface area contributed by atoms with Gasteiger partial charge in [-0.1, -0.05) is 6.07 Å². The average Bonchev–Trinajstić information content (AvgIpc) is 2.96. The van der Waals surface area contributed by atoms with Crippen molar-refractivity contribution in [3.05, 3.63) is 34.9 Å². The lowest BCUT2D eigenvalue weighted by Crippen LogP contribution is -2.43. The van der Waals surface area contributed by atoms with E-state index in [1.807, 2.05) is 0 Å². The molecular weight excluding hydrogens is 346 g/mol. The fourth-order valence-corrected chi connectivity index (χ4v) is 3.12. The van der Waals surface area contributed by atoms with Gasteiger partial charge in [-0.25, -0.2) is 8.78 Å². The van der Waals surface area contributed by atoms with Crippen molar-refractivity contribution in [2.75, 3.05) is 0 Å². The number of amides is 2. The SMILES string of the molecule is Cc1ccc(F)c(CNC(=O)CC[C@]2(CCC(=O)O)CCC(=O)N2)c1F. The number of hydrogen-bond acceptors (Lipinski definition) is 3. The smallest absolute Gasteiger partial charge is 0.303 e. The molecule has 142 valence electrons. The van der Waals surface area contributed by atoms with Crippen molar-refractivity contribution in [1.82, 2.24) is 10.6 Å². The highest BCUT2D eigenvalue weighted by Gasteiger charge is 2.37. The second-order valence-electron chi connectivity index (χ2n) is 6.66. The van der Waals surface area contributed by atoms with Crippen molar-refractivity contribution < 1.29 is 28.3 Å². The van der Waals surface area contributed by atoms with E-state index in [0.717, 1.165) is 6.07 Å². The van der Waals surface area contributed by atoms with Crippen molar-refractivity contribution in [2.24, 2.45) is 0 Å². The highest BCUT2D eigenvalue weighted by atomic mass is 19.1. The van der Waals surface area contributed by atoms with Gasteiger partial charge < -0.3 is 15.7 Å². The second kappa shape index (κ2) is 8.25. The summed E-state index contributed by atoms with van der Waals surface area (Å²) in [6, 6.07) is 2.47. The van der Waals surface area contributed by atoms with Gasteiger partial charge in [0, 0.05) is 36.9 Å². The summed E-state index contributed by atoms with van der Waals surface area (Å²) < 4.78 is 27.6. The fraction of sp³-hybridized carbons (Fsp3) is 0.500. The van der Waals surface area contributed by atoms with Crippen LogP contribution < -0.4 is 10.6 Å². The van der Waals surface area contributed by atoms with Gasteiger partial charge in [-0.05, 0) is 37.8 Å². The molecule has 2 amide bonds. The number of carbonyl (C=O) groups is 3. The van der Waals surface area contributed by atoms with Gasteiger partial charge in [0.25, 0.3) is 0 Å². The Morgan fingerprint density at radius 3 is 2.58 bits per heavy atom. The Balaban J connectivity index is 1.91. The molecule has 1 fully saturated rings. The zero-order chi connectivity index (χ0) is 19.3. The van der Waals surface area contributed by atoms with Crippen molar-refractivity contribution in [3.63, 3.8) is 0 Å². The number of hydrogen-bond donors (Lipinski definition) is 3. The van der Waals surface area contributed by atoms with Crippen molar-refractivity contribution in [1.29, 1.82) is 0 Å². The quantitative estimate of drug-likeness (QED) is 0.655. The molecule has 0 aliphatic carbocycles. The third-order valence-electron chi connectivity index (χ3n) is 4.72. The Bertz CT molecular complexity index is 723. The van der Waals surface area contributed by atoms with Gasteiger partial charge >= 0.3 is 5.97 Å². The summed E-state index contributed by atoms with van der Waals surface area (Å²) in [6.45, 7) is 1.24. The van der Waals surface area contributed by atoms with Crippen LogP contribution in [-0.4, -0.2) is 28.4 Å². The first-order valence-corrected chi connectivity index (χ1v) is 8.45. The summed E-state index contributed by atoms with van der Waals surface area (Å²) in [5.74, 6) is -2.97. The minimum Gasteiger partial charge on any atom is -0.481 e. The first kappa shape index (κ1) is 19.8. The average molecular weight is 368 g/mol. The maximum Gasteiger partial charge on any atom is 0.303 e. The lowest BCUT2D eigenvalue weighted by molar-refractivity contribution is -0.137. The molecule has 1 heterocycles. The van der Waals surface area contributed by atoms with E-state index in [1.165, 1.54) is 13.0 Å². The number of carboxylic acids is 1. The lowest BCUT2D eigenvalue weighted by Gasteiger charge is -2.28. The zero-order valence-corrected chi connectivity index (χ0v) is 14.5. The van der Waals surface area contributed by atoms with Gasteiger partial charge in [0.2, 0.25) is 11.8 Å². The van der Waals surface area contributed by atoms with Gasteiger partial charge in [-0.3, -0.25) is 14.4 Å². The van der Waals surface area contributed by atoms with Crippen LogP contribution in [0.1, 0.15) is 49.7 Å². The topological polar surface area (TPSA) is 95.5 Å². The Morgan fingerprint density at radius 2 is 1.96 bits per heavy atom. The van der Waals surface area contributed by atoms with Crippen LogP contribution in [0.3, 0.4) is 0 Å². The zero-order valence-electron chi connectivity index (χ0n) is 14.5. The molecule has 0 bridgehead atoms. The molecule has 1 aromatic rings. The molecule has 0 saturated carbocycles. The number of carboxylic acid groups (broad SMARTS) is 1. The molecular formula is C18H22F2N2O4. The van der Waals surface area contributed by atoms with Crippen LogP contribution in [-0.2, 0) is 20.9 Å². The van der Waals surface area contributed by atoms with Gasteiger partial charge in [-0.15, -0.1) is 0 Å². The van der Waals surface area contributed by atoms with Gasteiger partial charge in [-0.2, -0.15) is 0 Å². The Hall–Kier alpha value is -2.51. The molecule has 2 rings (SSSR count). The van der Waals surface area contributed by atoms with Crippen LogP contribution in [0.15, 0.2) is 12.1 Å².